The van der Waals surface area contributed by atoms with Gasteiger partial charge < -0.3 is 15.2 Å². The number of hydrogen-bond acceptors (Lipinski definition) is 3. The van der Waals surface area contributed by atoms with E-state index in [4.69, 9.17) is 4.74 Å². The third-order valence-electron chi connectivity index (χ3n) is 2.87. The van der Waals surface area contributed by atoms with E-state index in [2.05, 4.69) is 5.32 Å². The summed E-state index contributed by atoms with van der Waals surface area (Å²) in [7, 11) is 0. The van der Waals surface area contributed by atoms with Gasteiger partial charge in [0.2, 0.25) is 0 Å². The second-order valence-electron chi connectivity index (χ2n) is 5.71. The van der Waals surface area contributed by atoms with Gasteiger partial charge in [-0.05, 0) is 51.3 Å². The summed E-state index contributed by atoms with van der Waals surface area (Å²) in [5.41, 5.74) is 1.70. The first-order valence-electron chi connectivity index (χ1n) is 6.40. The Morgan fingerprint density at radius 2 is 1.85 bits per heavy atom. The molecule has 2 N–H and O–H groups in total. The van der Waals surface area contributed by atoms with Crippen LogP contribution in [0.5, 0.6) is 0 Å². The van der Waals surface area contributed by atoms with E-state index in [-0.39, 0.29) is 0 Å². The minimum atomic E-state index is -1.12. The van der Waals surface area contributed by atoms with Gasteiger partial charge in [0.25, 0.3) is 0 Å². The highest BCUT2D eigenvalue weighted by Crippen LogP contribution is 2.21. The molecule has 1 unspecified atom stereocenters. The maximum atomic E-state index is 11.7. The van der Waals surface area contributed by atoms with E-state index in [1.807, 2.05) is 19.9 Å². The molecule has 1 aromatic carbocycles. The monoisotopic (exact) mass is 279 g/mol. The van der Waals surface area contributed by atoms with Crippen LogP contribution in [0, 0.1) is 13.8 Å². The summed E-state index contributed by atoms with van der Waals surface area (Å²) in [6.07, 6.45) is -0.745. The van der Waals surface area contributed by atoms with Gasteiger partial charge in [-0.15, -0.1) is 0 Å². The van der Waals surface area contributed by atoms with Gasteiger partial charge in [-0.3, -0.25) is 0 Å². The average Bonchev–Trinajstić information content (AvgIpc) is 2.27. The molecule has 0 aliphatic carbocycles. The fraction of sp³-hybridized carbons (Fsp3) is 0.467. The number of rotatable bonds is 3. The number of aryl methyl sites for hydroxylation is 1. The lowest BCUT2D eigenvalue weighted by molar-refractivity contribution is -0.139. The van der Waals surface area contributed by atoms with Crippen LogP contribution in [0.3, 0.4) is 0 Å². The molecule has 0 heterocycles. The number of carbonyl (C=O) groups excluding carboxylic acids is 1. The van der Waals surface area contributed by atoms with Crippen molar-refractivity contribution in [3.05, 3.63) is 34.9 Å². The number of ether oxygens (including phenoxy) is 1. The van der Waals surface area contributed by atoms with Gasteiger partial charge in [-0.25, -0.2) is 9.59 Å². The zero-order valence-corrected chi connectivity index (χ0v) is 12.5. The summed E-state index contributed by atoms with van der Waals surface area (Å²) >= 11 is 0. The smallest absolute Gasteiger partial charge is 0.408 e. The summed E-state index contributed by atoms with van der Waals surface area (Å²) in [5.74, 6) is -1.12. The largest absolute Gasteiger partial charge is 0.479 e. The van der Waals surface area contributed by atoms with Crippen molar-refractivity contribution < 1.29 is 19.4 Å². The second kappa shape index (κ2) is 5.94. The molecule has 1 amide bonds. The van der Waals surface area contributed by atoms with E-state index in [0.717, 1.165) is 11.1 Å². The molecule has 1 atom stereocenters. The minimum absolute atomic E-state index is 0.559. The third-order valence-corrected chi connectivity index (χ3v) is 2.87. The lowest BCUT2D eigenvalue weighted by atomic mass is 9.97. The molecule has 0 saturated heterocycles. The standard InChI is InChI=1S/C15H21NO4/c1-9-7-6-8-11(10(9)2)12(13(17)18)16-14(19)20-15(3,4)5/h6-8,12H,1-5H3,(H,16,19)(H,17,18). The van der Waals surface area contributed by atoms with Crippen LogP contribution in [0.4, 0.5) is 4.79 Å². The lowest BCUT2D eigenvalue weighted by Crippen LogP contribution is -2.38. The predicted molar refractivity (Wildman–Crippen MR) is 75.7 cm³/mol. The molecule has 0 aliphatic heterocycles. The summed E-state index contributed by atoms with van der Waals surface area (Å²) in [6.45, 7) is 8.89. The number of benzene rings is 1. The molecule has 5 nitrogen and oxygen atoms in total. The fourth-order valence-electron chi connectivity index (χ4n) is 1.78. The number of alkyl carbamates (subject to hydrolysis) is 1. The van der Waals surface area contributed by atoms with Crippen molar-refractivity contribution in [2.24, 2.45) is 0 Å². The average molecular weight is 279 g/mol. The Kier molecular flexibility index (Phi) is 4.76. The summed E-state index contributed by atoms with van der Waals surface area (Å²) in [4.78, 5) is 23.1. The summed E-state index contributed by atoms with van der Waals surface area (Å²) < 4.78 is 5.10. The Balaban J connectivity index is 2.99. The van der Waals surface area contributed by atoms with Gasteiger partial charge in [-0.2, -0.15) is 0 Å². The van der Waals surface area contributed by atoms with Gasteiger partial charge >= 0.3 is 12.1 Å². The Morgan fingerprint density at radius 1 is 1.25 bits per heavy atom. The highest BCUT2D eigenvalue weighted by Gasteiger charge is 2.26. The molecular formula is C15H21NO4. The fourth-order valence-corrected chi connectivity index (χ4v) is 1.78. The zero-order valence-electron chi connectivity index (χ0n) is 12.5. The van der Waals surface area contributed by atoms with E-state index in [1.54, 1.807) is 32.9 Å². The maximum Gasteiger partial charge on any atom is 0.408 e. The Labute approximate surface area is 118 Å². The van der Waals surface area contributed by atoms with Crippen LogP contribution in [0.1, 0.15) is 43.5 Å². The van der Waals surface area contributed by atoms with E-state index in [9.17, 15) is 14.7 Å². The van der Waals surface area contributed by atoms with E-state index < -0.39 is 23.7 Å². The Bertz CT molecular complexity index is 517. The quantitative estimate of drug-likeness (QED) is 0.892. The molecule has 0 spiro atoms. The third kappa shape index (κ3) is 4.26. The number of nitrogens with one attached hydrogen (secondary N) is 1. The summed E-state index contributed by atoms with van der Waals surface area (Å²) in [6, 6.07) is 4.23. The molecule has 0 aromatic heterocycles. The van der Waals surface area contributed by atoms with Gasteiger partial charge in [0, 0.05) is 0 Å². The van der Waals surface area contributed by atoms with Crippen LogP contribution in [0.15, 0.2) is 18.2 Å². The van der Waals surface area contributed by atoms with Crippen molar-refractivity contribution >= 4 is 12.1 Å². The van der Waals surface area contributed by atoms with Gasteiger partial charge in [0.05, 0.1) is 0 Å². The SMILES string of the molecule is Cc1cccc(C(NC(=O)OC(C)(C)C)C(=O)O)c1C. The minimum Gasteiger partial charge on any atom is -0.479 e. The number of aliphatic carboxylic acids is 1. The van der Waals surface area contributed by atoms with E-state index in [0.29, 0.717) is 5.56 Å². The first-order chi connectivity index (χ1) is 9.11. The normalized spacial score (nSPS) is 12.7. The Morgan fingerprint density at radius 3 is 2.35 bits per heavy atom. The number of carbonyl (C=O) groups is 2. The first-order valence-corrected chi connectivity index (χ1v) is 6.40. The van der Waals surface area contributed by atoms with Crippen LogP contribution < -0.4 is 5.32 Å². The second-order valence-corrected chi connectivity index (χ2v) is 5.71. The van der Waals surface area contributed by atoms with Crippen LogP contribution >= 0.6 is 0 Å². The van der Waals surface area contributed by atoms with Crippen LogP contribution in [-0.2, 0) is 9.53 Å². The van der Waals surface area contributed by atoms with E-state index >= 15 is 0 Å². The topological polar surface area (TPSA) is 75.6 Å². The van der Waals surface area contributed by atoms with Crippen molar-refractivity contribution in [3.8, 4) is 0 Å². The number of carboxylic acids is 1. The van der Waals surface area contributed by atoms with Gasteiger partial charge in [0.15, 0.2) is 6.04 Å². The first kappa shape index (κ1) is 16.0. The van der Waals surface area contributed by atoms with Crippen molar-refractivity contribution in [2.45, 2.75) is 46.3 Å². The van der Waals surface area contributed by atoms with E-state index in [1.165, 1.54) is 0 Å². The predicted octanol–water partition coefficient (Wildman–Crippen LogP) is 2.95. The van der Waals surface area contributed by atoms with Crippen molar-refractivity contribution in [3.63, 3.8) is 0 Å². The molecule has 0 radical (unpaired) electrons. The molecule has 0 bridgehead atoms. The lowest BCUT2D eigenvalue weighted by Gasteiger charge is -2.23. The number of amides is 1. The molecule has 1 rings (SSSR count). The Hall–Kier alpha value is -2.04. The summed E-state index contributed by atoms with van der Waals surface area (Å²) in [5, 5.41) is 11.7. The highest BCUT2D eigenvalue weighted by molar-refractivity contribution is 5.82. The van der Waals surface area contributed by atoms with Crippen molar-refractivity contribution in [1.82, 2.24) is 5.32 Å². The molecule has 1 aromatic rings. The van der Waals surface area contributed by atoms with Crippen molar-refractivity contribution in [1.29, 1.82) is 0 Å². The van der Waals surface area contributed by atoms with Gasteiger partial charge in [0.1, 0.15) is 5.60 Å². The molecule has 20 heavy (non-hydrogen) atoms. The van der Waals surface area contributed by atoms with Crippen LogP contribution in [0.25, 0.3) is 0 Å². The number of carboxylic acid groups (broad SMARTS) is 1. The molecule has 0 fully saturated rings. The zero-order chi connectivity index (χ0) is 15.5. The van der Waals surface area contributed by atoms with Crippen LogP contribution in [0.2, 0.25) is 0 Å². The molecule has 110 valence electrons. The molecule has 5 heteroatoms. The maximum absolute atomic E-state index is 11.7. The molecule has 0 aliphatic rings. The molecule has 0 saturated carbocycles. The number of hydrogen-bond donors (Lipinski definition) is 2. The van der Waals surface area contributed by atoms with Crippen molar-refractivity contribution in [2.75, 3.05) is 0 Å². The highest BCUT2D eigenvalue weighted by atomic mass is 16.6. The van der Waals surface area contributed by atoms with Crippen LogP contribution in [-0.4, -0.2) is 22.8 Å². The molecular weight excluding hydrogens is 258 g/mol. The van der Waals surface area contributed by atoms with Gasteiger partial charge in [-0.1, -0.05) is 18.2 Å².